The fraction of sp³-hybridized carbons (Fsp3) is 0.833. The summed E-state index contributed by atoms with van der Waals surface area (Å²) in [5.74, 6) is -5.23. The molecular weight excluding hydrogens is 175 g/mol. The molecule has 0 spiro atoms. The first kappa shape index (κ1) is 11.2. The summed E-state index contributed by atoms with van der Waals surface area (Å²) in [7, 11) is 0. The van der Waals surface area contributed by atoms with Gasteiger partial charge in [0.2, 0.25) is 0 Å². The summed E-state index contributed by atoms with van der Waals surface area (Å²) >= 11 is 0. The fourth-order valence-electron chi connectivity index (χ4n) is 0.543. The number of carbonyl (C=O) groups is 1. The van der Waals surface area contributed by atoms with E-state index in [0.29, 0.717) is 6.92 Å². The van der Waals surface area contributed by atoms with Gasteiger partial charge in [-0.25, -0.2) is 13.2 Å². The third-order valence-corrected chi connectivity index (χ3v) is 1.39. The highest BCUT2D eigenvalue weighted by Crippen LogP contribution is 2.26. The van der Waals surface area contributed by atoms with Gasteiger partial charge in [0.15, 0.2) is 6.17 Å². The van der Waals surface area contributed by atoms with Gasteiger partial charge in [0.05, 0.1) is 0 Å². The predicted octanol–water partition coefficient (Wildman–Crippen LogP) is 0.782. The van der Waals surface area contributed by atoms with Crippen molar-refractivity contribution in [1.29, 1.82) is 0 Å². The smallest absolute Gasteiger partial charge is 0.320 e. The number of alkyl halides is 3. The highest BCUT2D eigenvalue weighted by molar-refractivity contribution is 5.73. The van der Waals surface area contributed by atoms with Crippen molar-refractivity contribution in [1.82, 2.24) is 0 Å². The molecule has 0 saturated carbocycles. The Bertz CT molecular complexity index is 172. The molecule has 0 aromatic rings. The molecule has 0 bridgehead atoms. The molecule has 0 fully saturated rings. The van der Waals surface area contributed by atoms with Crippen molar-refractivity contribution in [3.8, 4) is 0 Å². The molecular formula is C6H10F3NO2. The van der Waals surface area contributed by atoms with Gasteiger partial charge in [-0.3, -0.25) is 4.79 Å². The first-order valence-electron chi connectivity index (χ1n) is 3.27. The number of nitrogens with two attached hydrogens (primary N) is 1. The van der Waals surface area contributed by atoms with Gasteiger partial charge in [-0.2, -0.15) is 0 Å². The van der Waals surface area contributed by atoms with Gasteiger partial charge >= 0.3 is 5.97 Å². The highest BCUT2D eigenvalue weighted by Gasteiger charge is 2.40. The maximum Gasteiger partial charge on any atom is 0.320 e. The minimum absolute atomic E-state index is 0.661. The molecule has 3 N–H and O–H groups in total. The summed E-state index contributed by atoms with van der Waals surface area (Å²) in [5, 5.41) is 8.15. The van der Waals surface area contributed by atoms with Crippen molar-refractivity contribution >= 4 is 5.97 Å². The van der Waals surface area contributed by atoms with Crippen LogP contribution in [0.5, 0.6) is 0 Å². The topological polar surface area (TPSA) is 63.3 Å². The maximum atomic E-state index is 12.4. The van der Waals surface area contributed by atoms with E-state index in [9.17, 15) is 18.0 Å². The maximum absolute atomic E-state index is 12.4. The molecule has 2 unspecified atom stereocenters. The van der Waals surface area contributed by atoms with Gasteiger partial charge in [-0.1, -0.05) is 0 Å². The Hall–Kier alpha value is -0.780. The van der Waals surface area contributed by atoms with Gasteiger partial charge in [-0.05, 0) is 6.92 Å². The Morgan fingerprint density at radius 2 is 2.08 bits per heavy atom. The minimum atomic E-state index is -3.67. The van der Waals surface area contributed by atoms with Crippen LogP contribution in [0.2, 0.25) is 0 Å². The molecule has 0 aromatic carbocycles. The zero-order valence-corrected chi connectivity index (χ0v) is 6.43. The van der Waals surface area contributed by atoms with Crippen molar-refractivity contribution in [2.24, 2.45) is 5.73 Å². The largest absolute Gasteiger partial charge is 0.480 e. The van der Waals surface area contributed by atoms with E-state index in [1.807, 2.05) is 0 Å². The zero-order valence-electron chi connectivity index (χ0n) is 6.43. The van der Waals surface area contributed by atoms with E-state index in [1.165, 1.54) is 0 Å². The van der Waals surface area contributed by atoms with Crippen LogP contribution in [0.15, 0.2) is 0 Å². The van der Waals surface area contributed by atoms with E-state index in [2.05, 4.69) is 0 Å². The zero-order chi connectivity index (χ0) is 9.94. The molecule has 0 aliphatic heterocycles. The van der Waals surface area contributed by atoms with E-state index in [-0.39, 0.29) is 0 Å². The second-order valence-electron chi connectivity index (χ2n) is 2.53. The number of hydrogen-bond donors (Lipinski definition) is 2. The van der Waals surface area contributed by atoms with Crippen LogP contribution in [0, 0.1) is 0 Å². The molecule has 0 aliphatic carbocycles. The number of hydrogen-bond acceptors (Lipinski definition) is 2. The van der Waals surface area contributed by atoms with Crippen LogP contribution < -0.4 is 5.73 Å². The number of carboxylic acids is 1. The molecule has 12 heavy (non-hydrogen) atoms. The summed E-state index contributed by atoms with van der Waals surface area (Å²) in [5.41, 5.74) is 4.79. The number of aliphatic carboxylic acids is 1. The molecule has 0 heterocycles. The van der Waals surface area contributed by atoms with Gasteiger partial charge in [-0.15, -0.1) is 0 Å². The van der Waals surface area contributed by atoms with Crippen molar-refractivity contribution < 1.29 is 23.1 Å². The number of carboxylic acid groups (broad SMARTS) is 1. The second-order valence-corrected chi connectivity index (χ2v) is 2.53. The van der Waals surface area contributed by atoms with Crippen molar-refractivity contribution in [3.05, 3.63) is 0 Å². The van der Waals surface area contributed by atoms with Crippen LogP contribution in [-0.4, -0.2) is 29.2 Å². The molecule has 0 radical (unpaired) electrons. The minimum Gasteiger partial charge on any atom is -0.480 e. The summed E-state index contributed by atoms with van der Waals surface area (Å²) in [6.07, 6.45) is -3.57. The van der Waals surface area contributed by atoms with Gasteiger partial charge < -0.3 is 10.8 Å². The van der Waals surface area contributed by atoms with Gasteiger partial charge in [0.1, 0.15) is 6.04 Å². The SMILES string of the molecule is CC(F)C(F)(F)CC(N)C(=O)O. The van der Waals surface area contributed by atoms with Crippen LogP contribution in [0.3, 0.4) is 0 Å². The van der Waals surface area contributed by atoms with E-state index in [4.69, 9.17) is 10.8 Å². The van der Waals surface area contributed by atoms with E-state index in [1.54, 1.807) is 0 Å². The summed E-state index contributed by atoms with van der Waals surface area (Å²) in [6.45, 7) is 0.661. The summed E-state index contributed by atoms with van der Waals surface area (Å²) < 4.78 is 37.0. The summed E-state index contributed by atoms with van der Waals surface area (Å²) in [4.78, 5) is 10.0. The molecule has 6 heteroatoms. The van der Waals surface area contributed by atoms with Crippen LogP contribution in [0.1, 0.15) is 13.3 Å². The number of rotatable bonds is 4. The quantitative estimate of drug-likeness (QED) is 0.680. The fourth-order valence-corrected chi connectivity index (χ4v) is 0.543. The Morgan fingerprint density at radius 3 is 2.33 bits per heavy atom. The molecule has 3 nitrogen and oxygen atoms in total. The Labute approximate surface area is 67.4 Å². The molecule has 0 aliphatic rings. The van der Waals surface area contributed by atoms with E-state index in [0.717, 1.165) is 0 Å². The van der Waals surface area contributed by atoms with Crippen molar-refractivity contribution in [2.75, 3.05) is 0 Å². The van der Waals surface area contributed by atoms with Crippen LogP contribution in [0.25, 0.3) is 0 Å². The van der Waals surface area contributed by atoms with Crippen LogP contribution in [0.4, 0.5) is 13.2 Å². The first-order valence-corrected chi connectivity index (χ1v) is 3.27. The van der Waals surface area contributed by atoms with Gasteiger partial charge in [0, 0.05) is 6.42 Å². The molecule has 0 rings (SSSR count). The van der Waals surface area contributed by atoms with Gasteiger partial charge in [0.25, 0.3) is 5.92 Å². The molecule has 0 saturated heterocycles. The Balaban J connectivity index is 4.15. The second kappa shape index (κ2) is 3.75. The first-order chi connectivity index (χ1) is 5.27. The lowest BCUT2D eigenvalue weighted by molar-refractivity contribution is -0.143. The van der Waals surface area contributed by atoms with Crippen molar-refractivity contribution in [3.63, 3.8) is 0 Å². The van der Waals surface area contributed by atoms with Crippen LogP contribution >= 0.6 is 0 Å². The van der Waals surface area contributed by atoms with E-state index < -0.39 is 30.5 Å². The normalized spacial score (nSPS) is 17.1. The third kappa shape index (κ3) is 3.08. The van der Waals surface area contributed by atoms with Crippen LogP contribution in [-0.2, 0) is 4.79 Å². The monoisotopic (exact) mass is 185 g/mol. The van der Waals surface area contributed by atoms with E-state index >= 15 is 0 Å². The average Bonchev–Trinajstić information content (AvgIpc) is 1.85. The Morgan fingerprint density at radius 1 is 1.67 bits per heavy atom. The highest BCUT2D eigenvalue weighted by atomic mass is 19.3. The lowest BCUT2D eigenvalue weighted by Crippen LogP contribution is -2.40. The summed E-state index contributed by atoms with van der Waals surface area (Å²) in [6, 6.07) is -1.72. The molecule has 72 valence electrons. The standard InChI is InChI=1S/C6H10F3NO2/c1-3(7)6(8,9)2-4(10)5(11)12/h3-4H,2,10H2,1H3,(H,11,12). The lowest BCUT2D eigenvalue weighted by Gasteiger charge is -2.19. The third-order valence-electron chi connectivity index (χ3n) is 1.39. The number of halogens is 3. The van der Waals surface area contributed by atoms with Crippen molar-refractivity contribution in [2.45, 2.75) is 31.5 Å². The molecule has 0 aromatic heterocycles. The lowest BCUT2D eigenvalue weighted by atomic mass is 10.1. The average molecular weight is 185 g/mol. The Kier molecular flexibility index (Phi) is 3.51. The molecule has 2 atom stereocenters. The predicted molar refractivity (Wildman–Crippen MR) is 35.7 cm³/mol. The molecule has 0 amide bonds.